The third-order valence-corrected chi connectivity index (χ3v) is 5.36. The summed E-state index contributed by atoms with van der Waals surface area (Å²) in [5.41, 5.74) is 3.31. The van der Waals surface area contributed by atoms with Crippen molar-refractivity contribution in [3.05, 3.63) is 30.0 Å². The molecule has 1 aliphatic carbocycles. The predicted octanol–water partition coefficient (Wildman–Crippen LogP) is 5.67. The number of rotatable bonds is 6. The highest BCUT2D eigenvalue weighted by Crippen LogP contribution is 2.31. The van der Waals surface area contributed by atoms with Gasteiger partial charge in [-0.2, -0.15) is 0 Å². The molecule has 152 valence electrons. The second kappa shape index (κ2) is 13.4. The van der Waals surface area contributed by atoms with Gasteiger partial charge >= 0.3 is 11.9 Å². The number of esters is 2. The molecular weight excluding hydrogens is 340 g/mol. The van der Waals surface area contributed by atoms with Crippen molar-refractivity contribution in [1.29, 1.82) is 0 Å². The molecule has 0 atom stereocenters. The molecule has 0 radical (unpaired) electrons. The molecule has 1 aliphatic rings. The lowest BCUT2D eigenvalue weighted by atomic mass is 9.81. The molecule has 0 bridgehead atoms. The van der Waals surface area contributed by atoms with Crippen LogP contribution in [0.25, 0.3) is 0 Å². The average Bonchev–Trinajstić information content (AvgIpc) is 2.67. The molecular formula is C23H36O4. The van der Waals surface area contributed by atoms with E-state index >= 15 is 0 Å². The standard InChI is InChI=1S/C23H36O4/c1-4-18-23(21(24)26-2,22(25)27-3)19-14-17-20-15-12-10-8-6-5-7-9-11-13-16-20/h4,14H,1,5-13,15-16,18-19H2,2-3H3. The van der Waals surface area contributed by atoms with Crippen molar-refractivity contribution in [3.63, 3.8) is 0 Å². The van der Waals surface area contributed by atoms with Gasteiger partial charge in [-0.05, 0) is 50.2 Å². The molecule has 0 aromatic rings. The third-order valence-electron chi connectivity index (χ3n) is 5.36. The minimum absolute atomic E-state index is 0.180. The van der Waals surface area contributed by atoms with Gasteiger partial charge in [-0.25, -0.2) is 0 Å². The summed E-state index contributed by atoms with van der Waals surface area (Å²) < 4.78 is 9.77. The summed E-state index contributed by atoms with van der Waals surface area (Å²) >= 11 is 0. The van der Waals surface area contributed by atoms with E-state index in [0.29, 0.717) is 0 Å². The molecule has 0 saturated heterocycles. The summed E-state index contributed by atoms with van der Waals surface area (Å²) in [4.78, 5) is 24.7. The first-order valence-corrected chi connectivity index (χ1v) is 10.3. The van der Waals surface area contributed by atoms with E-state index in [-0.39, 0.29) is 12.8 Å². The molecule has 0 spiro atoms. The van der Waals surface area contributed by atoms with Crippen molar-refractivity contribution < 1.29 is 19.1 Å². The van der Waals surface area contributed by atoms with Gasteiger partial charge in [0.25, 0.3) is 0 Å². The molecule has 0 aromatic carbocycles. The molecule has 0 aromatic heterocycles. The minimum Gasteiger partial charge on any atom is -0.468 e. The van der Waals surface area contributed by atoms with Gasteiger partial charge in [-0.3, -0.25) is 9.59 Å². The van der Waals surface area contributed by atoms with E-state index in [1.165, 1.54) is 77.6 Å². The molecule has 0 N–H and O–H groups in total. The van der Waals surface area contributed by atoms with Gasteiger partial charge in [0.2, 0.25) is 0 Å². The van der Waals surface area contributed by atoms with Crippen molar-refractivity contribution in [2.45, 2.75) is 83.5 Å². The zero-order chi connectivity index (χ0) is 20.0. The van der Waals surface area contributed by atoms with E-state index in [9.17, 15) is 9.59 Å². The van der Waals surface area contributed by atoms with Crippen LogP contribution in [0.1, 0.15) is 83.5 Å². The average molecular weight is 377 g/mol. The molecule has 1 rings (SSSR count). The van der Waals surface area contributed by atoms with Crippen LogP contribution in [0, 0.1) is 5.41 Å². The zero-order valence-electron chi connectivity index (χ0n) is 17.2. The lowest BCUT2D eigenvalue weighted by Crippen LogP contribution is -2.40. The van der Waals surface area contributed by atoms with Crippen LogP contribution in [0.15, 0.2) is 30.0 Å². The molecule has 1 fully saturated rings. The van der Waals surface area contributed by atoms with E-state index in [0.717, 1.165) is 12.8 Å². The molecule has 0 unspecified atom stereocenters. The van der Waals surface area contributed by atoms with Gasteiger partial charge in [-0.15, -0.1) is 12.3 Å². The number of allylic oxidation sites excluding steroid dienone is 2. The Balaban J connectivity index is 2.94. The monoisotopic (exact) mass is 376 g/mol. The fourth-order valence-electron chi connectivity index (χ4n) is 3.69. The topological polar surface area (TPSA) is 52.6 Å². The van der Waals surface area contributed by atoms with Gasteiger partial charge in [0.1, 0.15) is 0 Å². The van der Waals surface area contributed by atoms with Crippen LogP contribution < -0.4 is 0 Å². The van der Waals surface area contributed by atoms with Crippen molar-refractivity contribution in [1.82, 2.24) is 0 Å². The van der Waals surface area contributed by atoms with Crippen LogP contribution in [0.2, 0.25) is 0 Å². The summed E-state index contributed by atoms with van der Waals surface area (Å²) in [7, 11) is 2.58. The quantitative estimate of drug-likeness (QED) is 0.259. The predicted molar refractivity (Wildman–Crippen MR) is 108 cm³/mol. The smallest absolute Gasteiger partial charge is 0.323 e. The first kappa shape index (κ1) is 23.2. The number of carbonyl (C=O) groups excluding carboxylic acids is 2. The minimum atomic E-state index is -1.37. The summed E-state index contributed by atoms with van der Waals surface area (Å²) in [6.45, 7) is 3.68. The largest absolute Gasteiger partial charge is 0.468 e. The fraction of sp³-hybridized carbons (Fsp3) is 0.696. The van der Waals surface area contributed by atoms with E-state index in [1.54, 1.807) is 6.08 Å². The second-order valence-electron chi connectivity index (χ2n) is 7.40. The van der Waals surface area contributed by atoms with E-state index in [2.05, 4.69) is 12.3 Å². The van der Waals surface area contributed by atoms with Crippen LogP contribution in [-0.4, -0.2) is 26.2 Å². The SMILES string of the molecule is C=CCC(CC=C=C1CCCCCCCCCCC1)(C(=O)OC)C(=O)OC. The Morgan fingerprint density at radius 3 is 1.74 bits per heavy atom. The highest BCUT2D eigenvalue weighted by Gasteiger charge is 2.46. The van der Waals surface area contributed by atoms with Crippen LogP contribution in [-0.2, 0) is 19.1 Å². The van der Waals surface area contributed by atoms with Crippen LogP contribution in [0.5, 0.6) is 0 Å². The summed E-state index contributed by atoms with van der Waals surface area (Å²) in [5.74, 6) is -1.17. The maximum absolute atomic E-state index is 12.3. The van der Waals surface area contributed by atoms with Gasteiger partial charge < -0.3 is 9.47 Å². The Morgan fingerprint density at radius 2 is 1.33 bits per heavy atom. The lowest BCUT2D eigenvalue weighted by Gasteiger charge is -2.25. The van der Waals surface area contributed by atoms with Crippen molar-refractivity contribution >= 4 is 11.9 Å². The van der Waals surface area contributed by atoms with E-state index in [1.807, 2.05) is 6.08 Å². The van der Waals surface area contributed by atoms with E-state index in [4.69, 9.17) is 9.47 Å². The van der Waals surface area contributed by atoms with Crippen molar-refractivity contribution in [3.8, 4) is 0 Å². The molecule has 4 nitrogen and oxygen atoms in total. The molecule has 27 heavy (non-hydrogen) atoms. The molecule has 4 heteroatoms. The zero-order valence-corrected chi connectivity index (χ0v) is 17.2. The van der Waals surface area contributed by atoms with Gasteiger partial charge in [0.05, 0.1) is 14.2 Å². The van der Waals surface area contributed by atoms with Crippen LogP contribution in [0.3, 0.4) is 0 Å². The molecule has 1 saturated carbocycles. The Kier molecular flexibility index (Phi) is 11.5. The maximum atomic E-state index is 12.3. The second-order valence-corrected chi connectivity index (χ2v) is 7.40. The highest BCUT2D eigenvalue weighted by molar-refractivity contribution is 6.00. The highest BCUT2D eigenvalue weighted by atomic mass is 16.5. The number of hydrogen-bond acceptors (Lipinski definition) is 4. The van der Waals surface area contributed by atoms with Gasteiger partial charge in [0.15, 0.2) is 5.41 Å². The van der Waals surface area contributed by atoms with Crippen molar-refractivity contribution in [2.75, 3.05) is 14.2 Å². The number of methoxy groups -OCH3 is 2. The first-order valence-electron chi connectivity index (χ1n) is 10.3. The number of ether oxygens (including phenoxy) is 2. The Bertz CT molecular complexity index is 511. The van der Waals surface area contributed by atoms with Gasteiger partial charge in [0, 0.05) is 0 Å². The fourth-order valence-corrected chi connectivity index (χ4v) is 3.69. The molecule has 0 amide bonds. The van der Waals surface area contributed by atoms with Crippen LogP contribution in [0.4, 0.5) is 0 Å². The molecule has 0 aliphatic heterocycles. The number of carbonyl (C=O) groups is 2. The Hall–Kier alpha value is -1.80. The maximum Gasteiger partial charge on any atom is 0.323 e. The normalized spacial score (nSPS) is 16.9. The molecule has 0 heterocycles. The Morgan fingerprint density at radius 1 is 0.889 bits per heavy atom. The lowest BCUT2D eigenvalue weighted by molar-refractivity contribution is -0.168. The number of hydrogen-bond donors (Lipinski definition) is 0. The summed E-state index contributed by atoms with van der Waals surface area (Å²) in [6, 6.07) is 0. The third kappa shape index (κ3) is 7.76. The van der Waals surface area contributed by atoms with Crippen LogP contribution >= 0.6 is 0 Å². The Labute approximate surface area is 164 Å². The van der Waals surface area contributed by atoms with Crippen molar-refractivity contribution in [2.24, 2.45) is 5.41 Å². The first-order chi connectivity index (χ1) is 13.1. The summed E-state index contributed by atoms with van der Waals surface area (Å²) in [6.07, 6.45) is 17.4. The van der Waals surface area contributed by atoms with E-state index < -0.39 is 17.4 Å². The summed E-state index contributed by atoms with van der Waals surface area (Å²) in [5, 5.41) is 0. The van der Waals surface area contributed by atoms with Gasteiger partial charge in [-0.1, -0.05) is 51.0 Å².